The van der Waals surface area contributed by atoms with Gasteiger partial charge in [-0.1, -0.05) is 12.5 Å². The number of thiophene rings is 1. The molecule has 2 aromatic heterocycles. The molecule has 0 bridgehead atoms. The fourth-order valence-electron chi connectivity index (χ4n) is 5.29. The Balaban J connectivity index is 0.952. The minimum Gasteiger partial charge on any atom is -0.484 e. The number of nitrogens with one attached hydrogen (secondary N) is 1. The van der Waals surface area contributed by atoms with Crippen molar-refractivity contribution in [1.82, 2.24) is 14.9 Å². The fourth-order valence-corrected chi connectivity index (χ4v) is 6.04. The molecule has 1 saturated heterocycles. The highest BCUT2D eigenvalue weighted by Gasteiger charge is 2.48. The van der Waals surface area contributed by atoms with Crippen molar-refractivity contribution in [3.63, 3.8) is 0 Å². The van der Waals surface area contributed by atoms with E-state index in [9.17, 15) is 19.2 Å². The number of benzene rings is 1. The molecule has 3 amide bonds. The van der Waals surface area contributed by atoms with Crippen LogP contribution in [0.1, 0.15) is 49.8 Å². The van der Waals surface area contributed by atoms with Crippen LogP contribution in [0, 0.1) is 0 Å². The molecule has 3 aromatic rings. The summed E-state index contributed by atoms with van der Waals surface area (Å²) in [4.78, 5) is 52.9. The van der Waals surface area contributed by atoms with Gasteiger partial charge in [-0.05, 0) is 60.7 Å². The first-order chi connectivity index (χ1) is 21.4. The highest BCUT2D eigenvalue weighted by molar-refractivity contribution is 7.13. The summed E-state index contributed by atoms with van der Waals surface area (Å²) in [6.45, 7) is 0.255. The summed E-state index contributed by atoms with van der Waals surface area (Å²) >= 11 is 1.57. The average Bonchev–Trinajstić information content (AvgIpc) is 3.83. The molecule has 1 aromatic carbocycles. The van der Waals surface area contributed by atoms with E-state index in [2.05, 4.69) is 5.32 Å². The molecular weight excluding hydrogens is 586 g/mol. The minimum absolute atomic E-state index is 0.0591. The molecule has 3 aliphatic rings. The van der Waals surface area contributed by atoms with Crippen LogP contribution >= 0.6 is 11.3 Å². The number of allylic oxidation sites excluding steroid dienone is 2. The van der Waals surface area contributed by atoms with Crippen molar-refractivity contribution < 1.29 is 37.6 Å². The second kappa shape index (κ2) is 12.8. The molecular formula is C31H29BFN4O6S+. The summed E-state index contributed by atoms with van der Waals surface area (Å²) in [7, 11) is -1.40. The highest BCUT2D eigenvalue weighted by Crippen LogP contribution is 2.33. The van der Waals surface area contributed by atoms with Crippen LogP contribution in [0.2, 0.25) is 0 Å². The number of carbonyl (C=O) groups excluding carboxylic acids is 4. The maximum Gasteiger partial charge on any atom is 0.846 e. The predicted molar refractivity (Wildman–Crippen MR) is 162 cm³/mol. The number of halogens is 1. The maximum absolute atomic E-state index is 16.0. The van der Waals surface area contributed by atoms with E-state index in [-0.39, 0.29) is 31.8 Å². The normalized spacial score (nSPS) is 15.4. The average molecular weight is 615 g/mol. The lowest BCUT2D eigenvalue weighted by molar-refractivity contribution is -0.333. The van der Waals surface area contributed by atoms with Crippen molar-refractivity contribution in [1.29, 1.82) is 0 Å². The van der Waals surface area contributed by atoms with E-state index in [1.54, 1.807) is 32.4 Å². The van der Waals surface area contributed by atoms with Crippen LogP contribution in [0.15, 0.2) is 71.8 Å². The molecule has 0 aliphatic carbocycles. The van der Waals surface area contributed by atoms with Gasteiger partial charge in [0.15, 0.2) is 18.0 Å². The van der Waals surface area contributed by atoms with Gasteiger partial charge in [-0.25, -0.2) is 13.6 Å². The van der Waals surface area contributed by atoms with Gasteiger partial charge in [0.2, 0.25) is 0 Å². The van der Waals surface area contributed by atoms with Crippen LogP contribution in [0.5, 0.6) is 5.75 Å². The zero-order valence-corrected chi connectivity index (χ0v) is 24.6. The Morgan fingerprint density at radius 3 is 2.55 bits per heavy atom. The molecule has 0 atom stereocenters. The number of hydrogen-bond acceptors (Lipinski definition) is 7. The summed E-state index contributed by atoms with van der Waals surface area (Å²) in [6, 6.07) is 15.0. The standard InChI is InChI=1S/C31H28BFN4O6S/c33-32-35-22(19-23-10-14-26(36(23)32)27-5-4-18-44-27)9-13-25(35)21-7-11-24(12-8-21)42-20-28(38)34-17-3-1-2-6-31(41)43-37-29(39)15-16-30(37)40/h4-5,7-14,18-19H,1-3,6,15-17,20H2/p+1. The number of hydrogen-bond donors (Lipinski definition) is 1. The summed E-state index contributed by atoms with van der Waals surface area (Å²) in [5.41, 5.74) is 3.98. The van der Waals surface area contributed by atoms with Crippen LogP contribution in [0.25, 0.3) is 16.6 Å². The van der Waals surface area contributed by atoms with E-state index in [0.717, 1.165) is 33.2 Å². The molecule has 224 valence electrons. The van der Waals surface area contributed by atoms with Gasteiger partial charge in [-0.3, -0.25) is 18.9 Å². The quantitative estimate of drug-likeness (QED) is 0.187. The maximum atomic E-state index is 16.0. The second-order valence-electron chi connectivity index (χ2n) is 10.5. The Labute approximate surface area is 257 Å². The number of hydroxylamine groups is 2. The summed E-state index contributed by atoms with van der Waals surface area (Å²) in [5, 5.41) is 5.30. The number of unbranched alkanes of at least 4 members (excludes halogenated alkanes) is 2. The molecule has 13 heteroatoms. The number of ether oxygens (including phenoxy) is 1. The van der Waals surface area contributed by atoms with Crippen molar-refractivity contribution >= 4 is 54.1 Å². The third-order valence-corrected chi connectivity index (χ3v) is 8.39. The van der Waals surface area contributed by atoms with Gasteiger partial charge in [0.1, 0.15) is 5.75 Å². The lowest BCUT2D eigenvalue weighted by atomic mass is 9.96. The number of carbonyl (C=O) groups is 4. The van der Waals surface area contributed by atoms with Gasteiger partial charge >= 0.3 is 13.2 Å². The van der Waals surface area contributed by atoms with Gasteiger partial charge in [0.25, 0.3) is 17.7 Å². The Kier molecular flexibility index (Phi) is 8.55. The largest absolute Gasteiger partial charge is 0.846 e. The number of amides is 3. The number of rotatable bonds is 12. The highest BCUT2D eigenvalue weighted by atomic mass is 32.1. The lowest BCUT2D eigenvalue weighted by Gasteiger charge is -2.15. The van der Waals surface area contributed by atoms with E-state index >= 15 is 4.32 Å². The molecule has 5 heterocycles. The molecule has 0 radical (unpaired) electrons. The molecule has 1 N–H and O–H groups in total. The molecule has 0 saturated carbocycles. The number of fused-ring (bicyclic) bond motifs is 2. The molecule has 1 fully saturated rings. The zero-order valence-electron chi connectivity index (χ0n) is 23.7. The molecule has 44 heavy (non-hydrogen) atoms. The van der Waals surface area contributed by atoms with Crippen molar-refractivity contribution in [2.45, 2.75) is 38.5 Å². The van der Waals surface area contributed by atoms with Gasteiger partial charge in [0, 0.05) is 60.2 Å². The van der Waals surface area contributed by atoms with Crippen molar-refractivity contribution in [3.8, 4) is 16.3 Å². The fraction of sp³-hybridized carbons (Fsp3) is 0.258. The Bertz CT molecular complexity index is 1680. The third-order valence-electron chi connectivity index (χ3n) is 7.49. The van der Waals surface area contributed by atoms with Crippen molar-refractivity contribution in [2.24, 2.45) is 0 Å². The van der Waals surface area contributed by atoms with E-state index in [1.165, 1.54) is 0 Å². The van der Waals surface area contributed by atoms with E-state index in [0.29, 0.717) is 36.6 Å². The Hall–Kier alpha value is -4.78. The van der Waals surface area contributed by atoms with Crippen LogP contribution in [0.3, 0.4) is 0 Å². The second-order valence-corrected chi connectivity index (χ2v) is 11.4. The molecule has 6 rings (SSSR count). The first kappa shape index (κ1) is 29.3. The van der Waals surface area contributed by atoms with Gasteiger partial charge in [0.05, 0.1) is 5.69 Å². The van der Waals surface area contributed by atoms with Crippen molar-refractivity contribution in [3.05, 3.63) is 83.0 Å². The van der Waals surface area contributed by atoms with Crippen molar-refractivity contribution in [2.75, 3.05) is 13.2 Å². The first-order valence-electron chi connectivity index (χ1n) is 14.4. The smallest absolute Gasteiger partial charge is 0.484 e. The van der Waals surface area contributed by atoms with Gasteiger partial charge < -0.3 is 14.9 Å². The van der Waals surface area contributed by atoms with E-state index < -0.39 is 25.0 Å². The predicted octanol–water partition coefficient (Wildman–Crippen LogP) is 4.11. The van der Waals surface area contributed by atoms with Crippen LogP contribution in [0.4, 0.5) is 4.32 Å². The SMILES string of the molecule is O=C(COc1ccc(C2=[N+]3B(F)n4c(ccc4-c4cccs4)C=C3C=C2)cc1)NCCCCCC(=O)ON1C(=O)CCC1=O. The summed E-state index contributed by atoms with van der Waals surface area (Å²) < 4.78 is 25.0. The first-order valence-corrected chi connectivity index (χ1v) is 15.3. The Morgan fingerprint density at radius 2 is 1.80 bits per heavy atom. The van der Waals surface area contributed by atoms with Crippen LogP contribution in [-0.2, 0) is 24.0 Å². The van der Waals surface area contributed by atoms with Crippen LogP contribution in [-0.4, -0.2) is 63.8 Å². The molecule has 10 nitrogen and oxygen atoms in total. The Morgan fingerprint density at radius 1 is 1.00 bits per heavy atom. The monoisotopic (exact) mass is 615 g/mol. The molecule has 0 spiro atoms. The molecule has 3 aliphatic heterocycles. The van der Waals surface area contributed by atoms with E-state index in [1.807, 2.05) is 60.0 Å². The minimum atomic E-state index is -1.40. The summed E-state index contributed by atoms with van der Waals surface area (Å²) in [5.74, 6) is -1.40. The number of nitrogens with zero attached hydrogens (tertiary/aromatic N) is 3. The topological polar surface area (TPSA) is 110 Å². The third kappa shape index (κ3) is 6.14. The van der Waals surface area contributed by atoms with E-state index in [4.69, 9.17) is 9.57 Å². The number of imide groups is 1. The summed E-state index contributed by atoms with van der Waals surface area (Å²) in [6.07, 6.45) is 7.77. The lowest BCUT2D eigenvalue weighted by Crippen LogP contribution is -2.39. The number of aromatic nitrogens is 1. The zero-order chi connectivity index (χ0) is 30.6. The van der Waals surface area contributed by atoms with Gasteiger partial charge in [-0.2, -0.15) is 0 Å². The van der Waals surface area contributed by atoms with Gasteiger partial charge in [-0.15, -0.1) is 16.4 Å². The molecule has 0 unspecified atom stereocenters. The van der Waals surface area contributed by atoms with Crippen LogP contribution < -0.4 is 10.1 Å².